The molecule has 1 unspecified atom stereocenters. The molecule has 0 aromatic heterocycles. The molecule has 0 aromatic carbocycles. The monoisotopic (exact) mass is 305 g/mol. The Bertz CT molecular complexity index is 421. The van der Waals surface area contributed by atoms with E-state index in [1.165, 1.54) is 4.31 Å². The summed E-state index contributed by atoms with van der Waals surface area (Å²) in [4.78, 5) is 2.12. The highest BCUT2D eigenvalue weighted by atomic mass is 32.2. The predicted molar refractivity (Wildman–Crippen MR) is 78.6 cm³/mol. The number of aliphatic hydroxyl groups excluding tert-OH is 1. The molecule has 1 aliphatic heterocycles. The van der Waals surface area contributed by atoms with Crippen molar-refractivity contribution in [1.29, 1.82) is 0 Å². The van der Waals surface area contributed by atoms with Crippen LogP contribution in [-0.2, 0) is 10.2 Å². The van der Waals surface area contributed by atoms with Crippen molar-refractivity contribution in [3.8, 4) is 0 Å². The molecule has 2 aliphatic rings. The Morgan fingerprint density at radius 1 is 1.30 bits per heavy atom. The number of likely N-dealkylation sites (N-methyl/N-ethyl adjacent to an activating group) is 1. The quantitative estimate of drug-likeness (QED) is 0.733. The first kappa shape index (κ1) is 16.2. The minimum absolute atomic E-state index is 0.0302. The molecule has 20 heavy (non-hydrogen) atoms. The van der Waals surface area contributed by atoms with Crippen LogP contribution in [0, 0.1) is 0 Å². The summed E-state index contributed by atoms with van der Waals surface area (Å²) < 4.78 is 29.1. The molecule has 2 fully saturated rings. The Hall–Kier alpha value is -0.210. The second kappa shape index (κ2) is 6.27. The van der Waals surface area contributed by atoms with E-state index in [1.807, 2.05) is 14.1 Å². The van der Waals surface area contributed by atoms with E-state index in [0.29, 0.717) is 13.1 Å². The van der Waals surface area contributed by atoms with E-state index in [9.17, 15) is 13.5 Å². The van der Waals surface area contributed by atoms with Crippen molar-refractivity contribution < 1.29 is 13.5 Å². The summed E-state index contributed by atoms with van der Waals surface area (Å²) in [6.45, 7) is 0.867. The number of hydrogen-bond acceptors (Lipinski definition) is 4. The first-order chi connectivity index (χ1) is 9.41. The Balaban J connectivity index is 1.99. The molecule has 0 radical (unpaired) electrons. The highest BCUT2D eigenvalue weighted by molar-refractivity contribution is 7.87. The fourth-order valence-electron chi connectivity index (χ4n) is 3.15. The number of rotatable bonds is 6. The zero-order valence-electron chi connectivity index (χ0n) is 12.5. The molecule has 118 valence electrons. The lowest BCUT2D eigenvalue weighted by atomic mass is 9.76. The Morgan fingerprint density at radius 3 is 2.50 bits per heavy atom. The smallest absolute Gasteiger partial charge is 0.279 e. The molecule has 0 amide bonds. The maximum Gasteiger partial charge on any atom is 0.279 e. The van der Waals surface area contributed by atoms with Crippen LogP contribution in [0.15, 0.2) is 0 Å². The minimum Gasteiger partial charge on any atom is -0.395 e. The molecule has 7 heteroatoms. The summed E-state index contributed by atoms with van der Waals surface area (Å²) in [7, 11) is 0.519. The predicted octanol–water partition coefficient (Wildman–Crippen LogP) is 0.152. The van der Waals surface area contributed by atoms with Crippen molar-refractivity contribution in [3.05, 3.63) is 0 Å². The van der Waals surface area contributed by atoms with Gasteiger partial charge in [0.05, 0.1) is 6.61 Å². The summed E-state index contributed by atoms with van der Waals surface area (Å²) >= 11 is 0. The molecule has 1 saturated heterocycles. The third-order valence-corrected chi connectivity index (χ3v) is 6.52. The molecule has 1 atom stereocenters. The lowest BCUT2D eigenvalue weighted by Gasteiger charge is -2.47. The molecular formula is C13H27N3O3S. The van der Waals surface area contributed by atoms with Crippen LogP contribution in [0.5, 0.6) is 0 Å². The van der Waals surface area contributed by atoms with Gasteiger partial charge in [-0.1, -0.05) is 6.42 Å². The Labute approximate surface area is 122 Å². The Morgan fingerprint density at radius 2 is 2.00 bits per heavy atom. The average molecular weight is 305 g/mol. The number of nitrogens with one attached hydrogen (secondary N) is 1. The fraction of sp³-hybridized carbons (Fsp3) is 1.00. The van der Waals surface area contributed by atoms with Gasteiger partial charge < -0.3 is 10.0 Å². The molecule has 1 saturated carbocycles. The third-order valence-electron chi connectivity index (χ3n) is 4.91. The topological polar surface area (TPSA) is 72.9 Å². The van der Waals surface area contributed by atoms with Gasteiger partial charge in [-0.15, -0.1) is 0 Å². The highest BCUT2D eigenvalue weighted by Gasteiger charge is 2.41. The second-order valence-electron chi connectivity index (χ2n) is 6.24. The van der Waals surface area contributed by atoms with Crippen LogP contribution in [0.3, 0.4) is 0 Å². The van der Waals surface area contributed by atoms with Crippen LogP contribution in [0.4, 0.5) is 0 Å². The molecule has 0 aromatic rings. The zero-order chi connectivity index (χ0) is 14.8. The van der Waals surface area contributed by atoms with E-state index in [-0.39, 0.29) is 18.2 Å². The van der Waals surface area contributed by atoms with Crippen LogP contribution >= 0.6 is 0 Å². The summed E-state index contributed by atoms with van der Waals surface area (Å²) in [6, 6.07) is -0.266. The zero-order valence-corrected chi connectivity index (χ0v) is 13.3. The van der Waals surface area contributed by atoms with Crippen LogP contribution in [-0.4, -0.2) is 68.1 Å². The molecule has 6 nitrogen and oxygen atoms in total. The highest BCUT2D eigenvalue weighted by Crippen LogP contribution is 2.35. The van der Waals surface area contributed by atoms with Crippen LogP contribution in [0.2, 0.25) is 0 Å². The van der Waals surface area contributed by atoms with Gasteiger partial charge in [-0.05, 0) is 46.2 Å². The van der Waals surface area contributed by atoms with Gasteiger partial charge in [-0.3, -0.25) is 0 Å². The number of piperidine rings is 1. The van der Waals surface area contributed by atoms with Gasteiger partial charge in [0.15, 0.2) is 0 Å². The largest absolute Gasteiger partial charge is 0.395 e. The van der Waals surface area contributed by atoms with Gasteiger partial charge in [0.1, 0.15) is 0 Å². The third kappa shape index (κ3) is 3.17. The maximum absolute atomic E-state index is 12.4. The van der Waals surface area contributed by atoms with E-state index in [4.69, 9.17) is 0 Å². The molecule has 2 N–H and O–H groups in total. The van der Waals surface area contributed by atoms with Crippen molar-refractivity contribution in [3.63, 3.8) is 0 Å². The number of aliphatic hydroxyl groups is 1. The molecule has 0 spiro atoms. The van der Waals surface area contributed by atoms with Crippen molar-refractivity contribution in [2.75, 3.05) is 33.8 Å². The first-order valence-corrected chi connectivity index (χ1v) is 8.90. The van der Waals surface area contributed by atoms with Crippen LogP contribution in [0.25, 0.3) is 0 Å². The van der Waals surface area contributed by atoms with E-state index in [1.54, 1.807) is 0 Å². The van der Waals surface area contributed by atoms with Crippen molar-refractivity contribution >= 4 is 10.2 Å². The van der Waals surface area contributed by atoms with E-state index in [0.717, 1.165) is 38.5 Å². The first-order valence-electron chi connectivity index (χ1n) is 7.46. The number of hydrogen-bond donors (Lipinski definition) is 2. The van der Waals surface area contributed by atoms with Gasteiger partial charge >= 0.3 is 0 Å². The fourth-order valence-corrected chi connectivity index (χ4v) is 4.70. The van der Waals surface area contributed by atoms with Crippen molar-refractivity contribution in [2.24, 2.45) is 0 Å². The maximum atomic E-state index is 12.4. The van der Waals surface area contributed by atoms with E-state index in [2.05, 4.69) is 9.62 Å². The van der Waals surface area contributed by atoms with Crippen molar-refractivity contribution in [1.82, 2.24) is 13.9 Å². The van der Waals surface area contributed by atoms with E-state index < -0.39 is 10.2 Å². The summed E-state index contributed by atoms with van der Waals surface area (Å²) in [5, 5.41) is 9.36. The standard InChI is InChI=1S/C13H27N3O3S/c1-15(2)13(7-5-8-13)11-14-20(18,19)16-9-4-3-6-12(16)10-17/h12,14,17H,3-11H2,1-2H3. The van der Waals surface area contributed by atoms with Gasteiger partial charge in [0.25, 0.3) is 10.2 Å². The van der Waals surface area contributed by atoms with Crippen LogP contribution in [0.1, 0.15) is 38.5 Å². The lowest BCUT2D eigenvalue weighted by Crippen LogP contribution is -2.59. The van der Waals surface area contributed by atoms with Gasteiger partial charge in [-0.2, -0.15) is 12.7 Å². The summed E-state index contributed by atoms with van der Waals surface area (Å²) in [5.41, 5.74) is -0.0302. The summed E-state index contributed by atoms with van der Waals surface area (Å²) in [5.74, 6) is 0. The van der Waals surface area contributed by atoms with Crippen molar-refractivity contribution in [2.45, 2.75) is 50.1 Å². The number of nitrogens with zero attached hydrogens (tertiary/aromatic N) is 2. The molecular weight excluding hydrogens is 278 g/mol. The SMILES string of the molecule is CN(C)C1(CNS(=O)(=O)N2CCCCC2CO)CCC1. The molecule has 1 aliphatic carbocycles. The average Bonchev–Trinajstić information content (AvgIpc) is 2.37. The van der Waals surface area contributed by atoms with Crippen LogP contribution < -0.4 is 4.72 Å². The normalized spacial score (nSPS) is 27.5. The summed E-state index contributed by atoms with van der Waals surface area (Å²) in [6.07, 6.45) is 5.83. The minimum atomic E-state index is -3.49. The van der Waals surface area contributed by atoms with Gasteiger partial charge in [0, 0.05) is 24.7 Å². The second-order valence-corrected chi connectivity index (χ2v) is 7.95. The molecule has 1 heterocycles. The Kier molecular flexibility index (Phi) is 5.07. The molecule has 0 bridgehead atoms. The van der Waals surface area contributed by atoms with Gasteiger partial charge in [-0.25, -0.2) is 4.72 Å². The lowest BCUT2D eigenvalue weighted by molar-refractivity contribution is 0.0646. The molecule has 2 rings (SSSR count). The van der Waals surface area contributed by atoms with E-state index >= 15 is 0 Å². The van der Waals surface area contributed by atoms with Gasteiger partial charge in [0.2, 0.25) is 0 Å².